The van der Waals surface area contributed by atoms with Crippen molar-refractivity contribution in [3.05, 3.63) is 72.3 Å². The molecule has 0 aromatic heterocycles. The summed E-state index contributed by atoms with van der Waals surface area (Å²) < 4.78 is 34.2. The molecule has 0 aliphatic carbocycles. The van der Waals surface area contributed by atoms with Crippen molar-refractivity contribution in [1.82, 2.24) is 4.72 Å². The highest BCUT2D eigenvalue weighted by molar-refractivity contribution is 7.89. The minimum atomic E-state index is -3.59. The predicted octanol–water partition coefficient (Wildman–Crippen LogP) is 3.51. The maximum Gasteiger partial charge on any atom is 0.241 e. The number of ether oxygens (including phenoxy) is 1. The van der Waals surface area contributed by atoms with Crippen molar-refractivity contribution in [2.45, 2.75) is 23.8 Å². The molecule has 1 heterocycles. The molecule has 0 saturated heterocycles. The summed E-state index contributed by atoms with van der Waals surface area (Å²) in [5, 5.41) is 1.64. The van der Waals surface area contributed by atoms with E-state index in [0.717, 1.165) is 29.4 Å². The molecular weight excluding hydrogens is 334 g/mol. The lowest BCUT2D eigenvalue weighted by molar-refractivity contribution is 0.177. The van der Waals surface area contributed by atoms with Crippen molar-refractivity contribution in [2.75, 3.05) is 6.54 Å². The van der Waals surface area contributed by atoms with Gasteiger partial charge in [-0.2, -0.15) is 0 Å². The van der Waals surface area contributed by atoms with Gasteiger partial charge in [-0.15, -0.1) is 0 Å². The van der Waals surface area contributed by atoms with Crippen LogP contribution in [0.4, 0.5) is 0 Å². The molecule has 4 rings (SSSR count). The molecule has 1 aliphatic rings. The zero-order valence-electron chi connectivity index (χ0n) is 13.7. The third kappa shape index (κ3) is 3.25. The Bertz CT molecular complexity index is 1010. The van der Waals surface area contributed by atoms with Gasteiger partial charge in [-0.3, -0.25) is 0 Å². The lowest BCUT2D eigenvalue weighted by Crippen LogP contribution is -2.37. The van der Waals surface area contributed by atoms with Crippen LogP contribution in [0.15, 0.2) is 71.6 Å². The second-order valence-electron chi connectivity index (χ2n) is 6.22. The van der Waals surface area contributed by atoms with Gasteiger partial charge in [0.1, 0.15) is 11.9 Å². The number of para-hydroxylation sites is 1. The molecular formula is C20H19NO3S. The standard InChI is InChI=1S/C20H19NO3S/c22-25(23,20-11-5-8-15-6-1-3-9-18(15)20)21-14-17-13-12-16-7-2-4-10-19(16)24-17/h1-11,17,21H,12-14H2. The number of hydrogen-bond donors (Lipinski definition) is 1. The Balaban J connectivity index is 1.53. The third-order valence-corrected chi connectivity index (χ3v) is 6.02. The third-order valence-electron chi connectivity index (χ3n) is 4.54. The summed E-state index contributed by atoms with van der Waals surface area (Å²) in [7, 11) is -3.59. The van der Waals surface area contributed by atoms with Crippen LogP contribution in [0, 0.1) is 0 Å². The van der Waals surface area contributed by atoms with Gasteiger partial charge >= 0.3 is 0 Å². The first-order valence-electron chi connectivity index (χ1n) is 8.35. The van der Waals surface area contributed by atoms with Gasteiger partial charge in [0.15, 0.2) is 0 Å². The van der Waals surface area contributed by atoms with Crippen LogP contribution < -0.4 is 9.46 Å². The first kappa shape index (κ1) is 16.1. The molecule has 0 spiro atoms. The van der Waals surface area contributed by atoms with E-state index in [0.29, 0.717) is 4.90 Å². The van der Waals surface area contributed by atoms with E-state index >= 15 is 0 Å². The minimum Gasteiger partial charge on any atom is -0.489 e. The molecule has 3 aromatic carbocycles. The molecule has 0 amide bonds. The van der Waals surface area contributed by atoms with Crippen molar-refractivity contribution in [3.63, 3.8) is 0 Å². The Morgan fingerprint density at radius 2 is 1.72 bits per heavy atom. The average molecular weight is 353 g/mol. The van der Waals surface area contributed by atoms with E-state index in [2.05, 4.69) is 4.72 Å². The zero-order valence-corrected chi connectivity index (χ0v) is 14.5. The Hall–Kier alpha value is -2.37. The second-order valence-corrected chi connectivity index (χ2v) is 7.95. The predicted molar refractivity (Wildman–Crippen MR) is 98.3 cm³/mol. The van der Waals surface area contributed by atoms with Gasteiger partial charge < -0.3 is 4.74 Å². The molecule has 4 nitrogen and oxygen atoms in total. The lowest BCUT2D eigenvalue weighted by atomic mass is 10.0. The molecule has 0 radical (unpaired) electrons. The summed E-state index contributed by atoms with van der Waals surface area (Å²) >= 11 is 0. The Labute approximate surface area is 147 Å². The van der Waals surface area contributed by atoms with Crippen molar-refractivity contribution >= 4 is 20.8 Å². The minimum absolute atomic E-state index is 0.153. The summed E-state index contributed by atoms with van der Waals surface area (Å²) in [5.74, 6) is 0.850. The molecule has 0 saturated carbocycles. The number of rotatable bonds is 4. The zero-order chi connectivity index (χ0) is 17.3. The summed E-state index contributed by atoms with van der Waals surface area (Å²) in [4.78, 5) is 0.307. The molecule has 1 unspecified atom stereocenters. The highest BCUT2D eigenvalue weighted by Gasteiger charge is 2.23. The van der Waals surface area contributed by atoms with E-state index in [1.54, 1.807) is 12.1 Å². The van der Waals surface area contributed by atoms with E-state index in [9.17, 15) is 8.42 Å². The van der Waals surface area contributed by atoms with Gasteiger partial charge in [-0.1, -0.05) is 54.6 Å². The Kier molecular flexibility index (Phi) is 4.19. The van der Waals surface area contributed by atoms with Gasteiger partial charge in [0.2, 0.25) is 10.0 Å². The fourth-order valence-electron chi connectivity index (χ4n) is 3.23. The Morgan fingerprint density at radius 1 is 0.960 bits per heavy atom. The van der Waals surface area contributed by atoms with Crippen molar-refractivity contribution in [1.29, 1.82) is 0 Å². The first-order chi connectivity index (χ1) is 12.1. The number of aryl methyl sites for hydroxylation is 1. The number of sulfonamides is 1. The maximum atomic E-state index is 12.8. The normalized spacial score (nSPS) is 17.0. The topological polar surface area (TPSA) is 55.4 Å². The molecule has 128 valence electrons. The molecule has 0 fully saturated rings. The lowest BCUT2D eigenvalue weighted by Gasteiger charge is -2.26. The van der Waals surface area contributed by atoms with Crippen LogP contribution in [-0.2, 0) is 16.4 Å². The molecule has 1 aliphatic heterocycles. The van der Waals surface area contributed by atoms with Crippen LogP contribution in [-0.4, -0.2) is 21.1 Å². The van der Waals surface area contributed by atoms with E-state index < -0.39 is 10.0 Å². The van der Waals surface area contributed by atoms with Crippen molar-refractivity contribution < 1.29 is 13.2 Å². The summed E-state index contributed by atoms with van der Waals surface area (Å²) in [5.41, 5.74) is 1.18. The van der Waals surface area contributed by atoms with E-state index in [1.807, 2.05) is 54.6 Å². The average Bonchev–Trinajstić information content (AvgIpc) is 2.66. The quantitative estimate of drug-likeness (QED) is 0.781. The van der Waals surface area contributed by atoms with Gasteiger partial charge in [0.05, 0.1) is 4.90 Å². The van der Waals surface area contributed by atoms with Crippen LogP contribution in [0.1, 0.15) is 12.0 Å². The van der Waals surface area contributed by atoms with Gasteiger partial charge in [-0.05, 0) is 35.9 Å². The number of nitrogens with one attached hydrogen (secondary N) is 1. The van der Waals surface area contributed by atoms with Gasteiger partial charge in [0, 0.05) is 11.9 Å². The van der Waals surface area contributed by atoms with Crippen LogP contribution in [0.5, 0.6) is 5.75 Å². The summed E-state index contributed by atoms with van der Waals surface area (Å²) in [6, 6.07) is 20.7. The van der Waals surface area contributed by atoms with E-state index in [-0.39, 0.29) is 12.6 Å². The molecule has 25 heavy (non-hydrogen) atoms. The largest absolute Gasteiger partial charge is 0.489 e. The summed E-state index contributed by atoms with van der Waals surface area (Å²) in [6.07, 6.45) is 1.55. The number of benzene rings is 3. The number of hydrogen-bond acceptors (Lipinski definition) is 3. The SMILES string of the molecule is O=S(=O)(NCC1CCc2ccccc2O1)c1cccc2ccccc12. The molecule has 5 heteroatoms. The van der Waals surface area contributed by atoms with Gasteiger partial charge in [-0.25, -0.2) is 13.1 Å². The van der Waals surface area contributed by atoms with Crippen molar-refractivity contribution in [3.8, 4) is 5.75 Å². The highest BCUT2D eigenvalue weighted by Crippen LogP contribution is 2.27. The monoisotopic (exact) mass is 353 g/mol. The molecule has 3 aromatic rings. The van der Waals surface area contributed by atoms with Crippen molar-refractivity contribution in [2.24, 2.45) is 0 Å². The van der Waals surface area contributed by atoms with E-state index in [4.69, 9.17) is 4.74 Å². The smallest absolute Gasteiger partial charge is 0.241 e. The molecule has 0 bridgehead atoms. The number of fused-ring (bicyclic) bond motifs is 2. The first-order valence-corrected chi connectivity index (χ1v) is 9.84. The van der Waals surface area contributed by atoms with E-state index in [1.165, 1.54) is 5.56 Å². The van der Waals surface area contributed by atoms with Crippen LogP contribution in [0.25, 0.3) is 10.8 Å². The summed E-state index contributed by atoms with van der Waals surface area (Å²) in [6.45, 7) is 0.264. The van der Waals surface area contributed by atoms with Crippen LogP contribution in [0.3, 0.4) is 0 Å². The molecule has 1 N–H and O–H groups in total. The fraction of sp³-hybridized carbons (Fsp3) is 0.200. The highest BCUT2D eigenvalue weighted by atomic mass is 32.2. The fourth-order valence-corrected chi connectivity index (χ4v) is 4.53. The Morgan fingerprint density at radius 3 is 2.64 bits per heavy atom. The van der Waals surface area contributed by atoms with Crippen LogP contribution in [0.2, 0.25) is 0 Å². The molecule has 1 atom stereocenters. The van der Waals surface area contributed by atoms with Crippen LogP contribution >= 0.6 is 0 Å². The van der Waals surface area contributed by atoms with Gasteiger partial charge in [0.25, 0.3) is 0 Å². The second kappa shape index (κ2) is 6.50. The maximum absolute atomic E-state index is 12.8.